The van der Waals surface area contributed by atoms with Crippen molar-refractivity contribution >= 4 is 65.0 Å². The number of aromatic nitrogens is 4. The normalized spacial score (nSPS) is 11.8. The van der Waals surface area contributed by atoms with E-state index < -0.39 is 0 Å². The van der Waals surface area contributed by atoms with E-state index in [4.69, 9.17) is 19.4 Å². The smallest absolute Gasteiger partial charge is 0.166 e. The van der Waals surface area contributed by atoms with Gasteiger partial charge in [0.2, 0.25) is 0 Å². The van der Waals surface area contributed by atoms with Crippen molar-refractivity contribution in [3.63, 3.8) is 0 Å². The van der Waals surface area contributed by atoms with Gasteiger partial charge in [0.1, 0.15) is 5.58 Å². The molecule has 5 heteroatoms. The summed E-state index contributed by atoms with van der Waals surface area (Å²) >= 11 is 0. The Morgan fingerprint density at radius 2 is 1.02 bits per heavy atom. The topological polar surface area (TPSA) is 64.7 Å². The van der Waals surface area contributed by atoms with Crippen molar-refractivity contribution in [2.24, 2.45) is 0 Å². The highest BCUT2D eigenvalue weighted by Gasteiger charge is 2.19. The summed E-state index contributed by atoms with van der Waals surface area (Å²) in [5, 5.41) is 11.4. The van der Waals surface area contributed by atoms with Crippen LogP contribution in [0, 0.1) is 0 Å². The van der Waals surface area contributed by atoms with E-state index in [-0.39, 0.29) is 0 Å². The number of hydrogen-bond acceptors (Lipinski definition) is 5. The molecule has 0 aliphatic carbocycles. The number of nitrogens with zero attached hydrogens (tertiary/aromatic N) is 4. The highest BCUT2D eigenvalue weighted by molar-refractivity contribution is 6.19. The van der Waals surface area contributed by atoms with Crippen LogP contribution in [0.1, 0.15) is 0 Å². The first-order chi connectivity index (χ1) is 23.3. The lowest BCUT2D eigenvalue weighted by Gasteiger charge is -2.13. The van der Waals surface area contributed by atoms with E-state index in [0.717, 1.165) is 54.6 Å². The van der Waals surface area contributed by atoms with E-state index in [0.29, 0.717) is 23.1 Å². The van der Waals surface area contributed by atoms with Crippen molar-refractivity contribution in [1.29, 1.82) is 0 Å². The summed E-state index contributed by atoms with van der Waals surface area (Å²) in [6.45, 7) is 0. The second-order valence-electron chi connectivity index (χ2n) is 11.9. The van der Waals surface area contributed by atoms with Crippen molar-refractivity contribution < 1.29 is 4.42 Å². The van der Waals surface area contributed by atoms with Gasteiger partial charge in [-0.2, -0.15) is 0 Å². The van der Waals surface area contributed by atoms with Crippen LogP contribution in [0.4, 0.5) is 0 Å². The summed E-state index contributed by atoms with van der Waals surface area (Å²) in [7, 11) is 0. The lowest BCUT2D eigenvalue weighted by atomic mass is 9.95. The van der Waals surface area contributed by atoms with Gasteiger partial charge in [0.05, 0.1) is 6.20 Å². The zero-order valence-corrected chi connectivity index (χ0v) is 25.1. The highest BCUT2D eigenvalue weighted by atomic mass is 16.3. The van der Waals surface area contributed by atoms with Gasteiger partial charge in [0.25, 0.3) is 0 Å². The van der Waals surface area contributed by atoms with Crippen LogP contribution < -0.4 is 0 Å². The molecule has 0 spiro atoms. The van der Waals surface area contributed by atoms with Gasteiger partial charge in [-0.15, -0.1) is 0 Å². The Morgan fingerprint density at radius 3 is 1.94 bits per heavy atom. The summed E-state index contributed by atoms with van der Waals surface area (Å²) in [5.41, 5.74) is 4.16. The van der Waals surface area contributed by atoms with Crippen molar-refractivity contribution in [1.82, 2.24) is 19.9 Å². The first-order valence-electron chi connectivity index (χ1n) is 15.6. The average Bonchev–Trinajstić information content (AvgIpc) is 3.53. The highest BCUT2D eigenvalue weighted by Crippen LogP contribution is 2.38. The minimum Gasteiger partial charge on any atom is -0.454 e. The largest absolute Gasteiger partial charge is 0.454 e. The predicted octanol–water partition coefficient (Wildman–Crippen LogP) is 10.8. The first-order valence-corrected chi connectivity index (χ1v) is 15.6. The summed E-state index contributed by atoms with van der Waals surface area (Å²) in [5.74, 6) is 1.75. The molecule has 0 saturated carbocycles. The number of rotatable bonds is 3. The summed E-state index contributed by atoms with van der Waals surface area (Å²) in [6, 6.07) is 46.5. The van der Waals surface area contributed by atoms with Gasteiger partial charge >= 0.3 is 0 Å². The molecule has 218 valence electrons. The van der Waals surface area contributed by atoms with Gasteiger partial charge < -0.3 is 4.42 Å². The first kappa shape index (κ1) is 25.8. The Morgan fingerprint density at radius 1 is 0.383 bits per heavy atom. The Kier molecular flexibility index (Phi) is 5.51. The Balaban J connectivity index is 1.26. The fourth-order valence-electron chi connectivity index (χ4n) is 6.97. The van der Waals surface area contributed by atoms with Gasteiger partial charge in [-0.25, -0.2) is 15.0 Å². The molecule has 0 amide bonds. The van der Waals surface area contributed by atoms with E-state index in [9.17, 15) is 0 Å². The van der Waals surface area contributed by atoms with Crippen LogP contribution in [0.5, 0.6) is 0 Å². The number of para-hydroxylation sites is 1. The van der Waals surface area contributed by atoms with Crippen LogP contribution in [-0.2, 0) is 0 Å². The van der Waals surface area contributed by atoms with Crippen LogP contribution in [-0.4, -0.2) is 19.9 Å². The molecule has 3 heterocycles. The molecule has 0 unspecified atom stereocenters. The third kappa shape index (κ3) is 4.03. The minimum atomic E-state index is 0.548. The van der Waals surface area contributed by atoms with Gasteiger partial charge in [0, 0.05) is 33.7 Å². The maximum Gasteiger partial charge on any atom is 0.166 e. The van der Waals surface area contributed by atoms with Crippen molar-refractivity contribution in [2.45, 2.75) is 0 Å². The van der Waals surface area contributed by atoms with Gasteiger partial charge in [-0.3, -0.25) is 4.98 Å². The maximum absolute atomic E-state index is 6.19. The molecule has 7 aromatic carbocycles. The molecule has 0 N–H and O–H groups in total. The number of furan rings is 1. The molecule has 3 aromatic heterocycles. The van der Waals surface area contributed by atoms with Crippen LogP contribution in [0.25, 0.3) is 99.2 Å². The molecular formula is C42H24N4O. The number of benzene rings is 7. The van der Waals surface area contributed by atoms with E-state index in [1.807, 2.05) is 24.4 Å². The minimum absolute atomic E-state index is 0.548. The Bertz CT molecular complexity index is 2870. The third-order valence-electron chi connectivity index (χ3n) is 9.20. The molecule has 10 aromatic rings. The van der Waals surface area contributed by atoms with Crippen LogP contribution in [0.2, 0.25) is 0 Å². The third-order valence-corrected chi connectivity index (χ3v) is 9.20. The fourth-order valence-corrected chi connectivity index (χ4v) is 6.97. The zero-order chi connectivity index (χ0) is 30.9. The molecule has 0 fully saturated rings. The molecular weight excluding hydrogens is 576 g/mol. The number of fused-ring (bicyclic) bond motifs is 9. The average molecular weight is 601 g/mol. The Labute approximate surface area is 268 Å². The maximum atomic E-state index is 6.19. The van der Waals surface area contributed by atoms with E-state index in [2.05, 4.69) is 120 Å². The molecule has 0 bridgehead atoms. The summed E-state index contributed by atoms with van der Waals surface area (Å²) in [4.78, 5) is 20.0. The monoisotopic (exact) mass is 600 g/mol. The molecule has 10 rings (SSSR count). The van der Waals surface area contributed by atoms with Gasteiger partial charge in [-0.1, -0.05) is 121 Å². The summed E-state index contributed by atoms with van der Waals surface area (Å²) < 4.78 is 6.19. The number of pyridine rings is 1. The SMILES string of the molecule is c1ccc2cc(-c3nc(-c4cccc5c4ccc4c6ccccc6ccc54)nc(-c4cncc5oc6ccccc6c45)n3)ccc2c1. The zero-order valence-electron chi connectivity index (χ0n) is 25.1. The molecule has 0 saturated heterocycles. The lowest BCUT2D eigenvalue weighted by Crippen LogP contribution is -2.01. The standard InChI is InChI=1S/C42H24N4O/c1-2-10-27-22-28(17-16-25(27)8-1)40-44-41(46-42(45-40)36-23-43-24-38-39(36)35-12-5-6-15-37(35)47-38)34-14-7-13-30-32-19-18-26-9-3-4-11-29(26)31(32)20-21-33(30)34/h1-24H. The molecule has 0 radical (unpaired) electrons. The van der Waals surface area contributed by atoms with E-state index >= 15 is 0 Å². The van der Waals surface area contributed by atoms with Crippen LogP contribution in [0.15, 0.2) is 150 Å². The molecule has 0 aliphatic heterocycles. The van der Waals surface area contributed by atoms with Gasteiger partial charge in [-0.05, 0) is 55.2 Å². The van der Waals surface area contributed by atoms with Crippen molar-refractivity contribution in [2.75, 3.05) is 0 Å². The molecule has 47 heavy (non-hydrogen) atoms. The fraction of sp³-hybridized carbons (Fsp3) is 0. The number of hydrogen-bond donors (Lipinski definition) is 0. The van der Waals surface area contributed by atoms with Crippen molar-refractivity contribution in [3.05, 3.63) is 146 Å². The molecule has 5 nitrogen and oxygen atoms in total. The van der Waals surface area contributed by atoms with Gasteiger partial charge in [0.15, 0.2) is 23.1 Å². The molecule has 0 atom stereocenters. The molecule has 0 aliphatic rings. The van der Waals surface area contributed by atoms with Crippen LogP contribution in [0.3, 0.4) is 0 Å². The second kappa shape index (κ2) is 10.0. The quantitative estimate of drug-likeness (QED) is 0.189. The van der Waals surface area contributed by atoms with E-state index in [1.165, 1.54) is 21.5 Å². The lowest BCUT2D eigenvalue weighted by molar-refractivity contribution is 0.667. The Hall–Kier alpha value is -6.46. The van der Waals surface area contributed by atoms with Crippen LogP contribution >= 0.6 is 0 Å². The van der Waals surface area contributed by atoms with Crippen molar-refractivity contribution in [3.8, 4) is 34.2 Å². The van der Waals surface area contributed by atoms with E-state index in [1.54, 1.807) is 6.20 Å². The summed E-state index contributed by atoms with van der Waals surface area (Å²) in [6.07, 6.45) is 3.58. The second-order valence-corrected chi connectivity index (χ2v) is 11.9. The predicted molar refractivity (Wildman–Crippen MR) is 191 cm³/mol.